The van der Waals surface area contributed by atoms with Gasteiger partial charge in [0, 0.05) is 17.5 Å². The number of morpholine rings is 1. The molecule has 1 saturated heterocycles. The van der Waals surface area contributed by atoms with E-state index in [1.165, 1.54) is 23.5 Å². The number of aromatic nitrogens is 1. The molecule has 1 N–H and O–H groups in total. The van der Waals surface area contributed by atoms with Crippen molar-refractivity contribution >= 4 is 11.3 Å². The third kappa shape index (κ3) is 2.43. The Morgan fingerprint density at radius 3 is 3.17 bits per heavy atom. The van der Waals surface area contributed by atoms with Crippen LogP contribution in [0.3, 0.4) is 0 Å². The number of hydrogen-bond acceptors (Lipinski definition) is 4. The van der Waals surface area contributed by atoms with Gasteiger partial charge in [-0.25, -0.2) is 9.37 Å². The number of ether oxygens (including phenoxy) is 1. The minimum absolute atomic E-state index is 0.150. The van der Waals surface area contributed by atoms with E-state index in [9.17, 15) is 4.39 Å². The van der Waals surface area contributed by atoms with E-state index in [2.05, 4.69) is 10.3 Å². The van der Waals surface area contributed by atoms with Crippen molar-refractivity contribution in [3.05, 3.63) is 41.2 Å². The summed E-state index contributed by atoms with van der Waals surface area (Å²) in [4.78, 5) is 4.55. The lowest BCUT2D eigenvalue weighted by atomic mass is 10.2. The largest absolute Gasteiger partial charge is 0.378 e. The zero-order valence-corrected chi connectivity index (χ0v) is 10.5. The Kier molecular flexibility index (Phi) is 3.36. The lowest BCUT2D eigenvalue weighted by Gasteiger charge is -2.21. The number of hydrogen-bond donors (Lipinski definition) is 1. The van der Waals surface area contributed by atoms with Gasteiger partial charge in [0.1, 0.15) is 10.8 Å². The molecule has 1 fully saturated rings. The highest BCUT2D eigenvalue weighted by Crippen LogP contribution is 2.27. The van der Waals surface area contributed by atoms with Crippen LogP contribution in [0.2, 0.25) is 0 Å². The van der Waals surface area contributed by atoms with Crippen molar-refractivity contribution in [2.45, 2.75) is 6.04 Å². The predicted molar refractivity (Wildman–Crippen MR) is 69.1 cm³/mol. The first kappa shape index (κ1) is 11.8. The fourth-order valence-electron chi connectivity index (χ4n) is 1.96. The zero-order chi connectivity index (χ0) is 12.4. The maximum Gasteiger partial charge on any atom is 0.123 e. The van der Waals surface area contributed by atoms with Crippen molar-refractivity contribution in [3.63, 3.8) is 0 Å². The van der Waals surface area contributed by atoms with Crippen molar-refractivity contribution in [3.8, 4) is 10.6 Å². The molecule has 18 heavy (non-hydrogen) atoms. The van der Waals surface area contributed by atoms with E-state index in [0.29, 0.717) is 6.61 Å². The topological polar surface area (TPSA) is 34.1 Å². The third-order valence-electron chi connectivity index (χ3n) is 2.87. The van der Waals surface area contributed by atoms with E-state index >= 15 is 0 Å². The Hall–Kier alpha value is -1.30. The molecule has 0 radical (unpaired) electrons. The quantitative estimate of drug-likeness (QED) is 0.905. The Morgan fingerprint density at radius 2 is 2.39 bits per heavy atom. The van der Waals surface area contributed by atoms with E-state index < -0.39 is 0 Å². The van der Waals surface area contributed by atoms with Crippen molar-refractivity contribution in [2.75, 3.05) is 19.8 Å². The molecule has 0 spiro atoms. The number of nitrogens with zero attached hydrogens (tertiary/aromatic N) is 1. The SMILES string of the molecule is Fc1cccc(-c2nc(C3COCCN3)cs2)c1. The van der Waals surface area contributed by atoms with Crippen molar-refractivity contribution < 1.29 is 9.13 Å². The van der Waals surface area contributed by atoms with Gasteiger partial charge in [0.2, 0.25) is 0 Å². The van der Waals surface area contributed by atoms with Crippen molar-refractivity contribution in [2.24, 2.45) is 0 Å². The molecule has 2 heterocycles. The van der Waals surface area contributed by atoms with Gasteiger partial charge < -0.3 is 10.1 Å². The molecule has 1 aliphatic rings. The maximum atomic E-state index is 13.2. The highest BCUT2D eigenvalue weighted by atomic mass is 32.1. The van der Waals surface area contributed by atoms with Crippen LogP contribution in [0.5, 0.6) is 0 Å². The van der Waals surface area contributed by atoms with E-state index in [1.54, 1.807) is 6.07 Å². The van der Waals surface area contributed by atoms with Gasteiger partial charge in [0.25, 0.3) is 0 Å². The lowest BCUT2D eigenvalue weighted by molar-refractivity contribution is 0.0758. The maximum absolute atomic E-state index is 13.2. The van der Waals surface area contributed by atoms with Crippen LogP contribution >= 0.6 is 11.3 Å². The molecule has 3 nitrogen and oxygen atoms in total. The van der Waals surface area contributed by atoms with Crippen LogP contribution in [0.4, 0.5) is 4.39 Å². The van der Waals surface area contributed by atoms with Crippen LogP contribution in [0, 0.1) is 5.82 Å². The molecule has 94 valence electrons. The van der Waals surface area contributed by atoms with Crippen LogP contribution in [0.15, 0.2) is 29.6 Å². The summed E-state index contributed by atoms with van der Waals surface area (Å²) in [6.07, 6.45) is 0. The van der Waals surface area contributed by atoms with E-state index in [-0.39, 0.29) is 11.9 Å². The van der Waals surface area contributed by atoms with Crippen LogP contribution in [0.1, 0.15) is 11.7 Å². The molecular weight excluding hydrogens is 251 g/mol. The Morgan fingerprint density at radius 1 is 1.44 bits per heavy atom. The lowest BCUT2D eigenvalue weighted by Crippen LogP contribution is -2.34. The van der Waals surface area contributed by atoms with Crippen LogP contribution in [-0.2, 0) is 4.74 Å². The highest BCUT2D eigenvalue weighted by Gasteiger charge is 2.18. The monoisotopic (exact) mass is 264 g/mol. The minimum atomic E-state index is -0.233. The first-order chi connectivity index (χ1) is 8.83. The molecule has 1 aliphatic heterocycles. The van der Waals surface area contributed by atoms with Gasteiger partial charge in [-0.2, -0.15) is 0 Å². The molecule has 2 aromatic rings. The molecule has 1 unspecified atom stereocenters. The van der Waals surface area contributed by atoms with Gasteiger partial charge in [-0.3, -0.25) is 0 Å². The summed E-state index contributed by atoms with van der Waals surface area (Å²) in [5.74, 6) is -0.233. The predicted octanol–water partition coefficient (Wildman–Crippen LogP) is 2.61. The highest BCUT2D eigenvalue weighted by molar-refractivity contribution is 7.13. The average molecular weight is 264 g/mol. The van der Waals surface area contributed by atoms with Crippen molar-refractivity contribution in [1.29, 1.82) is 0 Å². The summed E-state index contributed by atoms with van der Waals surface area (Å²) in [6.45, 7) is 2.24. The van der Waals surface area contributed by atoms with Crippen LogP contribution < -0.4 is 5.32 Å². The summed E-state index contributed by atoms with van der Waals surface area (Å²) in [5.41, 5.74) is 1.79. The fraction of sp³-hybridized carbons (Fsp3) is 0.308. The molecule has 0 aliphatic carbocycles. The van der Waals surface area contributed by atoms with Gasteiger partial charge in [0.15, 0.2) is 0 Å². The van der Waals surface area contributed by atoms with Gasteiger partial charge in [-0.1, -0.05) is 12.1 Å². The second-order valence-electron chi connectivity index (χ2n) is 4.17. The number of thiazole rings is 1. The molecule has 1 atom stereocenters. The van der Waals surface area contributed by atoms with E-state index in [0.717, 1.165) is 29.4 Å². The first-order valence-corrected chi connectivity index (χ1v) is 6.73. The first-order valence-electron chi connectivity index (χ1n) is 5.85. The normalized spacial score (nSPS) is 19.9. The molecule has 0 saturated carbocycles. The van der Waals surface area contributed by atoms with E-state index in [1.807, 2.05) is 11.4 Å². The smallest absolute Gasteiger partial charge is 0.123 e. The summed E-state index contributed by atoms with van der Waals surface area (Å²) >= 11 is 1.53. The number of halogens is 1. The third-order valence-corrected chi connectivity index (χ3v) is 3.78. The minimum Gasteiger partial charge on any atom is -0.378 e. The van der Waals surface area contributed by atoms with Gasteiger partial charge in [-0.15, -0.1) is 11.3 Å². The van der Waals surface area contributed by atoms with Crippen LogP contribution in [-0.4, -0.2) is 24.7 Å². The standard InChI is InChI=1S/C13H13FN2OS/c14-10-3-1-2-9(6-10)13-16-12(8-18-13)11-7-17-5-4-15-11/h1-3,6,8,11,15H,4-5,7H2. The van der Waals surface area contributed by atoms with E-state index in [4.69, 9.17) is 4.74 Å². The second kappa shape index (κ2) is 5.14. The molecule has 0 bridgehead atoms. The summed E-state index contributed by atoms with van der Waals surface area (Å²) in [6, 6.07) is 6.67. The number of nitrogens with one attached hydrogen (secondary N) is 1. The van der Waals surface area contributed by atoms with Gasteiger partial charge >= 0.3 is 0 Å². The molecule has 0 amide bonds. The van der Waals surface area contributed by atoms with Crippen molar-refractivity contribution in [1.82, 2.24) is 10.3 Å². The summed E-state index contributed by atoms with van der Waals surface area (Å²) < 4.78 is 18.6. The molecule has 1 aromatic carbocycles. The van der Waals surface area contributed by atoms with Crippen LogP contribution in [0.25, 0.3) is 10.6 Å². The molecule has 3 rings (SSSR count). The summed E-state index contributed by atoms with van der Waals surface area (Å²) in [7, 11) is 0. The molecule has 1 aromatic heterocycles. The molecular formula is C13H13FN2OS. The Labute approximate surface area is 109 Å². The number of rotatable bonds is 2. The fourth-order valence-corrected chi connectivity index (χ4v) is 2.83. The zero-order valence-electron chi connectivity index (χ0n) is 9.73. The Balaban J connectivity index is 1.84. The second-order valence-corrected chi connectivity index (χ2v) is 5.03. The number of benzene rings is 1. The average Bonchev–Trinajstić information content (AvgIpc) is 2.89. The summed E-state index contributed by atoms with van der Waals surface area (Å²) in [5, 5.41) is 6.21. The van der Waals surface area contributed by atoms with Gasteiger partial charge in [-0.05, 0) is 12.1 Å². The van der Waals surface area contributed by atoms with Gasteiger partial charge in [0.05, 0.1) is 24.9 Å². The Bertz CT molecular complexity index is 537. The molecule has 5 heteroatoms.